The lowest BCUT2D eigenvalue weighted by Crippen LogP contribution is -2.46. The van der Waals surface area contributed by atoms with Crippen LogP contribution in [0, 0.1) is 0 Å². The van der Waals surface area contributed by atoms with E-state index in [0.29, 0.717) is 0 Å². The van der Waals surface area contributed by atoms with Gasteiger partial charge in [0.05, 0.1) is 25.2 Å². The molecule has 1 rings (SSSR count). The van der Waals surface area contributed by atoms with Gasteiger partial charge >= 0.3 is 0 Å². The van der Waals surface area contributed by atoms with Crippen molar-refractivity contribution in [2.45, 2.75) is 31.4 Å². The minimum atomic E-state index is -0.329. The maximum atomic E-state index is 11.5. The Hall–Kier alpha value is -1.14. The molecule has 6 heteroatoms. The van der Waals surface area contributed by atoms with Crippen LogP contribution in [-0.4, -0.2) is 44.2 Å². The van der Waals surface area contributed by atoms with Gasteiger partial charge in [-0.15, -0.1) is 0 Å². The number of carbonyl (C=O) groups is 2. The molecule has 0 aliphatic heterocycles. The van der Waals surface area contributed by atoms with Crippen LogP contribution in [-0.2, 0) is 14.3 Å². The first-order chi connectivity index (χ1) is 7.67. The van der Waals surface area contributed by atoms with Crippen molar-refractivity contribution in [3.63, 3.8) is 0 Å². The highest BCUT2D eigenvalue weighted by Gasteiger charge is 2.28. The SMILES string of the molecule is COC1CCCC1NC(=O)CNC(=O)CN. The fraction of sp³-hybridized carbons (Fsp3) is 0.800. The fourth-order valence-corrected chi connectivity index (χ4v) is 1.88. The molecule has 1 fully saturated rings. The highest BCUT2D eigenvalue weighted by Crippen LogP contribution is 2.21. The predicted molar refractivity (Wildman–Crippen MR) is 58.6 cm³/mol. The van der Waals surface area contributed by atoms with Crippen molar-refractivity contribution in [3.8, 4) is 0 Å². The molecule has 1 saturated carbocycles. The van der Waals surface area contributed by atoms with Crippen molar-refractivity contribution >= 4 is 11.8 Å². The lowest BCUT2D eigenvalue weighted by Gasteiger charge is -2.19. The van der Waals surface area contributed by atoms with Crippen LogP contribution in [0.1, 0.15) is 19.3 Å². The number of amides is 2. The number of hydrogen-bond donors (Lipinski definition) is 3. The second-order valence-corrected chi connectivity index (χ2v) is 3.86. The molecule has 0 spiro atoms. The minimum Gasteiger partial charge on any atom is -0.379 e. The van der Waals surface area contributed by atoms with Crippen molar-refractivity contribution in [2.75, 3.05) is 20.2 Å². The Morgan fingerprint density at radius 3 is 2.75 bits per heavy atom. The quantitative estimate of drug-likeness (QED) is 0.549. The topological polar surface area (TPSA) is 93.5 Å². The molecule has 1 aliphatic carbocycles. The Bertz CT molecular complexity index is 258. The molecular weight excluding hydrogens is 210 g/mol. The van der Waals surface area contributed by atoms with Crippen molar-refractivity contribution in [2.24, 2.45) is 5.73 Å². The summed E-state index contributed by atoms with van der Waals surface area (Å²) in [6.45, 7) is -0.125. The molecule has 0 heterocycles. The van der Waals surface area contributed by atoms with Crippen molar-refractivity contribution in [1.29, 1.82) is 0 Å². The number of hydrogen-bond acceptors (Lipinski definition) is 4. The van der Waals surface area contributed by atoms with Crippen molar-refractivity contribution < 1.29 is 14.3 Å². The van der Waals surface area contributed by atoms with Gasteiger partial charge in [0.1, 0.15) is 0 Å². The normalized spacial score (nSPS) is 24.1. The average molecular weight is 229 g/mol. The van der Waals surface area contributed by atoms with Crippen LogP contribution in [0.5, 0.6) is 0 Å². The monoisotopic (exact) mass is 229 g/mol. The molecular formula is C10H19N3O3. The second kappa shape index (κ2) is 6.44. The molecule has 0 aromatic heterocycles. The Morgan fingerprint density at radius 2 is 2.12 bits per heavy atom. The summed E-state index contributed by atoms with van der Waals surface area (Å²) in [6, 6.07) is 0.0623. The fourth-order valence-electron chi connectivity index (χ4n) is 1.88. The Balaban J connectivity index is 2.25. The lowest BCUT2D eigenvalue weighted by atomic mass is 10.2. The Labute approximate surface area is 94.9 Å². The van der Waals surface area contributed by atoms with Gasteiger partial charge in [-0.1, -0.05) is 0 Å². The van der Waals surface area contributed by atoms with Crippen LogP contribution in [0.4, 0.5) is 0 Å². The summed E-state index contributed by atoms with van der Waals surface area (Å²) in [7, 11) is 1.64. The van der Waals surface area contributed by atoms with E-state index in [2.05, 4.69) is 10.6 Å². The zero-order chi connectivity index (χ0) is 12.0. The first-order valence-corrected chi connectivity index (χ1v) is 5.46. The molecule has 0 radical (unpaired) electrons. The lowest BCUT2D eigenvalue weighted by molar-refractivity contribution is -0.126. The first kappa shape index (κ1) is 12.9. The molecule has 6 nitrogen and oxygen atoms in total. The van der Waals surface area contributed by atoms with Gasteiger partial charge in [-0.2, -0.15) is 0 Å². The van der Waals surface area contributed by atoms with Gasteiger partial charge in [0.2, 0.25) is 11.8 Å². The molecule has 16 heavy (non-hydrogen) atoms. The van der Waals surface area contributed by atoms with E-state index < -0.39 is 0 Å². The van der Waals surface area contributed by atoms with E-state index in [1.165, 1.54) is 0 Å². The molecule has 0 saturated heterocycles. The van der Waals surface area contributed by atoms with Gasteiger partial charge in [0, 0.05) is 7.11 Å². The van der Waals surface area contributed by atoms with Crippen molar-refractivity contribution in [3.05, 3.63) is 0 Å². The standard InChI is InChI=1S/C10H19N3O3/c1-16-8-4-2-3-7(8)13-10(15)6-12-9(14)5-11/h7-8H,2-6,11H2,1H3,(H,12,14)(H,13,15). The molecule has 0 aromatic rings. The van der Waals surface area contributed by atoms with Crippen LogP contribution in [0.3, 0.4) is 0 Å². The van der Waals surface area contributed by atoms with Crippen molar-refractivity contribution in [1.82, 2.24) is 10.6 Å². The van der Waals surface area contributed by atoms with E-state index in [1.807, 2.05) is 0 Å². The minimum absolute atomic E-state index is 0.0248. The zero-order valence-corrected chi connectivity index (χ0v) is 9.49. The van der Waals surface area contributed by atoms with Gasteiger partial charge in [-0.25, -0.2) is 0 Å². The third-order valence-corrected chi connectivity index (χ3v) is 2.73. The summed E-state index contributed by atoms with van der Waals surface area (Å²) in [4.78, 5) is 22.3. The summed E-state index contributed by atoms with van der Waals surface area (Å²) in [5.74, 6) is -0.527. The van der Waals surface area contributed by atoms with E-state index in [4.69, 9.17) is 10.5 Å². The summed E-state index contributed by atoms with van der Waals surface area (Å²) >= 11 is 0. The number of ether oxygens (including phenoxy) is 1. The molecule has 2 atom stereocenters. The molecule has 2 unspecified atom stereocenters. The van der Waals surface area contributed by atoms with Crippen LogP contribution < -0.4 is 16.4 Å². The smallest absolute Gasteiger partial charge is 0.239 e. The highest BCUT2D eigenvalue weighted by atomic mass is 16.5. The molecule has 0 aromatic carbocycles. The number of methoxy groups -OCH3 is 1. The maximum absolute atomic E-state index is 11.5. The largest absolute Gasteiger partial charge is 0.379 e. The van der Waals surface area contributed by atoms with Gasteiger partial charge in [0.15, 0.2) is 0 Å². The molecule has 4 N–H and O–H groups in total. The van der Waals surface area contributed by atoms with Gasteiger partial charge in [-0.3, -0.25) is 9.59 Å². The Kier molecular flexibility index (Phi) is 5.21. The zero-order valence-electron chi connectivity index (χ0n) is 9.49. The average Bonchev–Trinajstić information content (AvgIpc) is 2.73. The third-order valence-electron chi connectivity index (χ3n) is 2.73. The van der Waals surface area contributed by atoms with E-state index in [-0.39, 0.29) is 37.0 Å². The van der Waals surface area contributed by atoms with E-state index >= 15 is 0 Å². The summed E-state index contributed by atoms with van der Waals surface area (Å²) in [5, 5.41) is 5.26. The van der Waals surface area contributed by atoms with Gasteiger partial charge in [-0.05, 0) is 19.3 Å². The summed E-state index contributed by atoms with van der Waals surface area (Å²) in [6.07, 6.45) is 3.04. The number of nitrogens with two attached hydrogens (primary N) is 1. The summed E-state index contributed by atoms with van der Waals surface area (Å²) in [5.41, 5.74) is 5.10. The molecule has 92 valence electrons. The van der Waals surface area contributed by atoms with Gasteiger partial charge < -0.3 is 21.1 Å². The van der Waals surface area contributed by atoms with Crippen LogP contribution >= 0.6 is 0 Å². The summed E-state index contributed by atoms with van der Waals surface area (Å²) < 4.78 is 5.25. The van der Waals surface area contributed by atoms with E-state index in [0.717, 1.165) is 19.3 Å². The van der Waals surface area contributed by atoms with Crippen LogP contribution in [0.15, 0.2) is 0 Å². The Morgan fingerprint density at radius 1 is 1.38 bits per heavy atom. The molecule has 0 bridgehead atoms. The number of carbonyl (C=O) groups excluding carboxylic acids is 2. The van der Waals surface area contributed by atoms with Gasteiger partial charge in [0.25, 0.3) is 0 Å². The first-order valence-electron chi connectivity index (χ1n) is 5.46. The number of rotatable bonds is 5. The second-order valence-electron chi connectivity index (χ2n) is 3.86. The molecule has 1 aliphatic rings. The highest BCUT2D eigenvalue weighted by molar-refractivity contribution is 5.85. The maximum Gasteiger partial charge on any atom is 0.239 e. The number of nitrogens with one attached hydrogen (secondary N) is 2. The van der Waals surface area contributed by atoms with E-state index in [9.17, 15) is 9.59 Å². The van der Waals surface area contributed by atoms with Crippen LogP contribution in [0.25, 0.3) is 0 Å². The van der Waals surface area contributed by atoms with Crippen LogP contribution in [0.2, 0.25) is 0 Å². The predicted octanol–water partition coefficient (Wildman–Crippen LogP) is -1.25. The van der Waals surface area contributed by atoms with E-state index in [1.54, 1.807) is 7.11 Å². The third kappa shape index (κ3) is 3.79. The molecule has 2 amide bonds.